The summed E-state index contributed by atoms with van der Waals surface area (Å²) < 4.78 is 5.42. The van der Waals surface area contributed by atoms with E-state index in [4.69, 9.17) is 4.74 Å². The zero-order chi connectivity index (χ0) is 17.1. The molecule has 128 valence electrons. The van der Waals surface area contributed by atoms with Gasteiger partial charge in [-0.15, -0.1) is 0 Å². The highest BCUT2D eigenvalue weighted by molar-refractivity contribution is 5.69. The zero-order valence-electron chi connectivity index (χ0n) is 14.0. The van der Waals surface area contributed by atoms with Crippen LogP contribution in [0.1, 0.15) is 24.0 Å². The number of aromatic nitrogens is 1. The summed E-state index contributed by atoms with van der Waals surface area (Å²) in [5, 5.41) is 3.36. The lowest BCUT2D eigenvalue weighted by molar-refractivity contribution is 0.106. The van der Waals surface area contributed by atoms with E-state index in [2.05, 4.69) is 22.4 Å². The molecular weight excluding hydrogens is 314 g/mol. The number of allylic oxidation sites excluding steroid dienone is 1. The summed E-state index contributed by atoms with van der Waals surface area (Å²) in [6.45, 7) is 1.84. The van der Waals surface area contributed by atoms with Crippen LogP contribution in [0.5, 0.6) is 0 Å². The standard InChI is InChI=1S/C20H21N3O2/c24-19(25-15-16-5-2-1-3-6-16)23-13-9-20(10-14-23)8-12-22-18-17(20)7-4-11-21-18/h1-7,9,11,13H,8,10,12,14-15H2,(H,21,22). The molecule has 1 amide bonds. The van der Waals surface area contributed by atoms with E-state index in [1.54, 1.807) is 4.90 Å². The van der Waals surface area contributed by atoms with Crippen LogP contribution in [0.3, 0.4) is 0 Å². The van der Waals surface area contributed by atoms with E-state index in [1.807, 2.05) is 48.8 Å². The van der Waals surface area contributed by atoms with Crippen LogP contribution in [0, 0.1) is 0 Å². The van der Waals surface area contributed by atoms with E-state index in [-0.39, 0.29) is 11.5 Å². The zero-order valence-corrected chi connectivity index (χ0v) is 14.0. The highest BCUT2D eigenvalue weighted by Crippen LogP contribution is 2.41. The first-order chi connectivity index (χ1) is 12.3. The van der Waals surface area contributed by atoms with Crippen LogP contribution in [0.15, 0.2) is 60.9 Å². The summed E-state index contributed by atoms with van der Waals surface area (Å²) in [7, 11) is 0. The van der Waals surface area contributed by atoms with Crippen LogP contribution in [0.4, 0.5) is 10.6 Å². The highest BCUT2D eigenvalue weighted by atomic mass is 16.6. The van der Waals surface area contributed by atoms with Gasteiger partial charge in [-0.05, 0) is 24.5 Å². The molecule has 0 radical (unpaired) electrons. The molecule has 0 saturated heterocycles. The van der Waals surface area contributed by atoms with Crippen LogP contribution < -0.4 is 5.32 Å². The van der Waals surface area contributed by atoms with Gasteiger partial charge in [0.25, 0.3) is 0 Å². The lowest BCUT2D eigenvalue weighted by atomic mass is 9.72. The van der Waals surface area contributed by atoms with Crippen molar-refractivity contribution in [3.8, 4) is 0 Å². The van der Waals surface area contributed by atoms with Crippen molar-refractivity contribution in [3.63, 3.8) is 0 Å². The first-order valence-corrected chi connectivity index (χ1v) is 8.63. The Morgan fingerprint density at radius 1 is 1.20 bits per heavy atom. The molecular formula is C20H21N3O2. The molecule has 1 unspecified atom stereocenters. The molecule has 2 aliphatic rings. The van der Waals surface area contributed by atoms with Crippen molar-refractivity contribution in [2.75, 3.05) is 18.4 Å². The molecule has 0 fully saturated rings. The summed E-state index contributed by atoms with van der Waals surface area (Å²) in [6, 6.07) is 13.8. The van der Waals surface area contributed by atoms with Gasteiger partial charge in [-0.2, -0.15) is 0 Å². The Kier molecular flexibility index (Phi) is 4.14. The molecule has 0 bridgehead atoms. The molecule has 0 saturated carbocycles. The maximum Gasteiger partial charge on any atom is 0.414 e. The Balaban J connectivity index is 1.45. The Labute approximate surface area is 147 Å². The smallest absolute Gasteiger partial charge is 0.414 e. The second-order valence-electron chi connectivity index (χ2n) is 6.53. The third kappa shape index (κ3) is 3.09. The lowest BCUT2D eigenvalue weighted by Gasteiger charge is -2.40. The van der Waals surface area contributed by atoms with Crippen LogP contribution in [-0.4, -0.2) is 29.1 Å². The predicted octanol–water partition coefficient (Wildman–Crippen LogP) is 3.69. The third-order valence-electron chi connectivity index (χ3n) is 5.02. The maximum absolute atomic E-state index is 12.3. The fourth-order valence-corrected chi connectivity index (χ4v) is 3.58. The van der Waals surface area contributed by atoms with Crippen LogP contribution in [-0.2, 0) is 16.8 Å². The summed E-state index contributed by atoms with van der Waals surface area (Å²) in [5.41, 5.74) is 2.17. The topological polar surface area (TPSA) is 54.5 Å². The van der Waals surface area contributed by atoms with Gasteiger partial charge in [0, 0.05) is 36.5 Å². The molecule has 1 atom stereocenters. The molecule has 1 aromatic heterocycles. The van der Waals surface area contributed by atoms with E-state index < -0.39 is 0 Å². The maximum atomic E-state index is 12.3. The number of amides is 1. The minimum Gasteiger partial charge on any atom is -0.444 e. The van der Waals surface area contributed by atoms with Gasteiger partial charge in [0.2, 0.25) is 0 Å². The van der Waals surface area contributed by atoms with E-state index in [1.165, 1.54) is 5.56 Å². The number of nitrogens with zero attached hydrogens (tertiary/aromatic N) is 2. The van der Waals surface area contributed by atoms with Crippen molar-refractivity contribution in [3.05, 3.63) is 72.1 Å². The normalized spacial score (nSPS) is 21.5. The molecule has 25 heavy (non-hydrogen) atoms. The van der Waals surface area contributed by atoms with Gasteiger partial charge in [0.05, 0.1) is 0 Å². The van der Waals surface area contributed by atoms with Gasteiger partial charge >= 0.3 is 6.09 Å². The number of carbonyl (C=O) groups is 1. The Hall–Kier alpha value is -2.82. The van der Waals surface area contributed by atoms with Crippen molar-refractivity contribution in [1.29, 1.82) is 0 Å². The molecule has 2 aromatic rings. The predicted molar refractivity (Wildman–Crippen MR) is 96.1 cm³/mol. The molecule has 0 aliphatic carbocycles. The van der Waals surface area contributed by atoms with E-state index in [0.717, 1.165) is 30.8 Å². The van der Waals surface area contributed by atoms with E-state index >= 15 is 0 Å². The van der Waals surface area contributed by atoms with Gasteiger partial charge in [-0.1, -0.05) is 42.5 Å². The molecule has 3 heterocycles. The average molecular weight is 335 g/mol. The second kappa shape index (κ2) is 6.59. The van der Waals surface area contributed by atoms with E-state index in [0.29, 0.717) is 13.2 Å². The first-order valence-electron chi connectivity index (χ1n) is 8.63. The minimum absolute atomic E-state index is 0.0367. The number of hydrogen-bond donors (Lipinski definition) is 1. The molecule has 5 heteroatoms. The summed E-state index contributed by atoms with van der Waals surface area (Å²) in [6.07, 6.45) is 7.42. The lowest BCUT2D eigenvalue weighted by Crippen LogP contribution is -2.41. The summed E-state index contributed by atoms with van der Waals surface area (Å²) >= 11 is 0. The average Bonchev–Trinajstić information content (AvgIpc) is 2.68. The first kappa shape index (κ1) is 15.7. The molecule has 5 nitrogen and oxygen atoms in total. The van der Waals surface area contributed by atoms with Crippen molar-refractivity contribution < 1.29 is 9.53 Å². The number of benzene rings is 1. The fourth-order valence-electron chi connectivity index (χ4n) is 3.58. The Morgan fingerprint density at radius 2 is 2.08 bits per heavy atom. The fraction of sp³-hybridized carbons (Fsp3) is 0.300. The van der Waals surface area contributed by atoms with E-state index in [9.17, 15) is 4.79 Å². The molecule has 1 aromatic carbocycles. The van der Waals surface area contributed by atoms with Crippen molar-refractivity contribution in [1.82, 2.24) is 9.88 Å². The van der Waals surface area contributed by atoms with Crippen LogP contribution in [0.2, 0.25) is 0 Å². The minimum atomic E-state index is -0.296. The number of ether oxygens (including phenoxy) is 1. The number of hydrogen-bond acceptors (Lipinski definition) is 4. The van der Waals surface area contributed by atoms with Gasteiger partial charge in [0.1, 0.15) is 12.4 Å². The third-order valence-corrected chi connectivity index (χ3v) is 5.02. The van der Waals surface area contributed by atoms with Gasteiger partial charge in [0.15, 0.2) is 0 Å². The Bertz CT molecular complexity index is 791. The Morgan fingerprint density at radius 3 is 2.88 bits per heavy atom. The van der Waals surface area contributed by atoms with Crippen LogP contribution >= 0.6 is 0 Å². The summed E-state index contributed by atoms with van der Waals surface area (Å²) in [5.74, 6) is 0.957. The highest BCUT2D eigenvalue weighted by Gasteiger charge is 2.38. The van der Waals surface area contributed by atoms with Crippen molar-refractivity contribution in [2.45, 2.75) is 24.9 Å². The second-order valence-corrected chi connectivity index (χ2v) is 6.53. The molecule has 2 aliphatic heterocycles. The van der Waals surface area contributed by atoms with Gasteiger partial charge in [-0.3, -0.25) is 4.90 Å². The number of fused-ring (bicyclic) bond motifs is 2. The number of nitrogens with one attached hydrogen (secondary N) is 1. The van der Waals surface area contributed by atoms with Crippen molar-refractivity contribution >= 4 is 11.9 Å². The monoisotopic (exact) mass is 335 g/mol. The number of anilines is 1. The van der Waals surface area contributed by atoms with Crippen LogP contribution in [0.25, 0.3) is 0 Å². The molecule has 1 N–H and O–H groups in total. The molecule has 1 spiro atoms. The van der Waals surface area contributed by atoms with Gasteiger partial charge in [-0.25, -0.2) is 9.78 Å². The van der Waals surface area contributed by atoms with Crippen molar-refractivity contribution in [2.24, 2.45) is 0 Å². The number of pyridine rings is 1. The SMILES string of the molecule is O=C(OCc1ccccc1)N1C=CC2(CCNc3ncccc32)CC1. The van der Waals surface area contributed by atoms with Gasteiger partial charge < -0.3 is 10.1 Å². The summed E-state index contributed by atoms with van der Waals surface area (Å²) in [4.78, 5) is 18.4. The molecule has 4 rings (SSSR count). The number of rotatable bonds is 2. The quantitative estimate of drug-likeness (QED) is 0.909. The number of carbonyl (C=O) groups excluding carboxylic acids is 1. The largest absolute Gasteiger partial charge is 0.444 e.